The van der Waals surface area contributed by atoms with E-state index in [1.807, 2.05) is 30.3 Å². The fourth-order valence-electron chi connectivity index (χ4n) is 3.06. The average Bonchev–Trinajstić information content (AvgIpc) is 3.06. The fraction of sp³-hybridized carbons (Fsp3) is 0.227. The maximum Gasteiger partial charge on any atom is 0.220 e. The van der Waals surface area contributed by atoms with Crippen LogP contribution in [0.1, 0.15) is 29.7 Å². The van der Waals surface area contributed by atoms with Gasteiger partial charge in [-0.15, -0.1) is 0 Å². The summed E-state index contributed by atoms with van der Waals surface area (Å²) in [6.45, 7) is 0.444. The number of halogens is 1. The molecule has 0 saturated heterocycles. The van der Waals surface area contributed by atoms with Crippen LogP contribution in [0.25, 0.3) is 5.69 Å². The van der Waals surface area contributed by atoms with E-state index in [9.17, 15) is 14.4 Å². The summed E-state index contributed by atoms with van der Waals surface area (Å²) in [6, 6.07) is 17.9. The number of nitrogens with one attached hydrogen (secondary N) is 1. The van der Waals surface area contributed by atoms with E-state index in [0.29, 0.717) is 48.4 Å². The number of nitriles is 1. The van der Waals surface area contributed by atoms with Gasteiger partial charge in [-0.05, 0) is 43.0 Å². The van der Waals surface area contributed by atoms with Gasteiger partial charge in [-0.25, -0.2) is 9.07 Å². The number of carbonyl (C=O) groups is 1. The number of nitrogen functional groups attached to an aromatic ring is 1. The Bertz CT molecular complexity index is 1020. The van der Waals surface area contributed by atoms with Crippen molar-refractivity contribution in [3.05, 3.63) is 77.2 Å². The molecule has 0 unspecified atom stereocenters. The summed E-state index contributed by atoms with van der Waals surface area (Å²) in [5.41, 5.74) is 8.37. The van der Waals surface area contributed by atoms with Crippen LogP contribution in [0.15, 0.2) is 54.6 Å². The smallest absolute Gasteiger partial charge is 0.220 e. The molecule has 0 radical (unpaired) electrons. The van der Waals surface area contributed by atoms with Crippen LogP contribution < -0.4 is 11.1 Å². The SMILES string of the molecule is N#Cc1c(CCCNC(=O)CCc2ccccc2F)nn(-c2ccccc2)c1N. The lowest BCUT2D eigenvalue weighted by atomic mass is 10.1. The van der Waals surface area contributed by atoms with Gasteiger partial charge in [0.15, 0.2) is 0 Å². The molecule has 6 nitrogen and oxygen atoms in total. The molecule has 1 aromatic heterocycles. The van der Waals surface area contributed by atoms with Crippen LogP contribution in [-0.4, -0.2) is 22.2 Å². The molecule has 3 N–H and O–H groups in total. The van der Waals surface area contributed by atoms with E-state index in [0.717, 1.165) is 5.69 Å². The Morgan fingerprint density at radius 3 is 2.59 bits per heavy atom. The highest BCUT2D eigenvalue weighted by Crippen LogP contribution is 2.21. The number of aryl methyl sites for hydroxylation is 2. The lowest BCUT2D eigenvalue weighted by molar-refractivity contribution is -0.121. The first-order valence-corrected chi connectivity index (χ1v) is 9.43. The van der Waals surface area contributed by atoms with Crippen molar-refractivity contribution in [3.8, 4) is 11.8 Å². The number of benzene rings is 2. The minimum Gasteiger partial charge on any atom is -0.382 e. The van der Waals surface area contributed by atoms with Gasteiger partial charge in [0.1, 0.15) is 23.3 Å². The second-order valence-electron chi connectivity index (χ2n) is 6.61. The van der Waals surface area contributed by atoms with Crippen molar-refractivity contribution in [2.24, 2.45) is 0 Å². The number of aromatic nitrogens is 2. The molecule has 3 rings (SSSR count). The van der Waals surface area contributed by atoms with Crippen molar-refractivity contribution in [2.75, 3.05) is 12.3 Å². The molecule has 2 aromatic carbocycles. The summed E-state index contributed by atoms with van der Waals surface area (Å²) in [4.78, 5) is 12.0. The van der Waals surface area contributed by atoms with Crippen LogP contribution >= 0.6 is 0 Å². The molecule has 0 spiro atoms. The standard InChI is InChI=1S/C22H22FN5O/c23-19-10-5-4-7-16(19)12-13-21(29)26-14-6-11-20-18(15-24)22(25)28(27-20)17-8-2-1-3-9-17/h1-5,7-10H,6,11-14,25H2,(H,26,29). The van der Waals surface area contributed by atoms with Crippen LogP contribution in [0.2, 0.25) is 0 Å². The number of nitrogens with two attached hydrogens (primary N) is 1. The summed E-state index contributed by atoms with van der Waals surface area (Å²) in [5.74, 6) is -0.123. The predicted octanol–water partition coefficient (Wildman–Crippen LogP) is 3.15. The third kappa shape index (κ3) is 4.99. The van der Waals surface area contributed by atoms with Crippen LogP contribution in [0, 0.1) is 17.1 Å². The zero-order valence-corrected chi connectivity index (χ0v) is 15.9. The number of hydrogen-bond donors (Lipinski definition) is 2. The van der Waals surface area contributed by atoms with Gasteiger partial charge in [0.25, 0.3) is 0 Å². The first kappa shape index (κ1) is 20.1. The van der Waals surface area contributed by atoms with Crippen molar-refractivity contribution in [1.29, 1.82) is 5.26 Å². The van der Waals surface area contributed by atoms with Gasteiger partial charge in [0, 0.05) is 13.0 Å². The average molecular weight is 391 g/mol. The molecule has 7 heteroatoms. The number of hydrogen-bond acceptors (Lipinski definition) is 4. The van der Waals surface area contributed by atoms with E-state index >= 15 is 0 Å². The number of anilines is 1. The number of nitrogens with zero attached hydrogens (tertiary/aromatic N) is 3. The number of carbonyl (C=O) groups excluding carboxylic acids is 1. The largest absolute Gasteiger partial charge is 0.382 e. The minimum atomic E-state index is -0.295. The second-order valence-corrected chi connectivity index (χ2v) is 6.61. The van der Waals surface area contributed by atoms with Crippen LogP contribution in [0.3, 0.4) is 0 Å². The summed E-state index contributed by atoms with van der Waals surface area (Å²) >= 11 is 0. The van der Waals surface area contributed by atoms with Crippen molar-refractivity contribution in [2.45, 2.75) is 25.7 Å². The maximum absolute atomic E-state index is 13.6. The van der Waals surface area contributed by atoms with Gasteiger partial charge in [0.2, 0.25) is 5.91 Å². The maximum atomic E-state index is 13.6. The summed E-state index contributed by atoms with van der Waals surface area (Å²) in [6.07, 6.45) is 1.71. The molecule has 0 aliphatic rings. The van der Waals surface area contributed by atoms with Crippen LogP contribution in [0.5, 0.6) is 0 Å². The van der Waals surface area contributed by atoms with Crippen LogP contribution in [-0.2, 0) is 17.6 Å². The normalized spacial score (nSPS) is 10.5. The monoisotopic (exact) mass is 391 g/mol. The first-order valence-electron chi connectivity index (χ1n) is 9.43. The lowest BCUT2D eigenvalue weighted by Crippen LogP contribution is -2.25. The number of rotatable bonds is 8. The van der Waals surface area contributed by atoms with Gasteiger partial charge >= 0.3 is 0 Å². The Morgan fingerprint density at radius 1 is 1.14 bits per heavy atom. The fourth-order valence-corrected chi connectivity index (χ4v) is 3.06. The molecule has 1 amide bonds. The number of amides is 1. The summed E-state index contributed by atoms with van der Waals surface area (Å²) < 4.78 is 15.1. The Labute approximate surface area is 168 Å². The minimum absolute atomic E-state index is 0.136. The van der Waals surface area contributed by atoms with E-state index in [2.05, 4.69) is 16.5 Å². The highest BCUT2D eigenvalue weighted by molar-refractivity contribution is 5.76. The summed E-state index contributed by atoms with van der Waals surface area (Å²) in [7, 11) is 0. The topological polar surface area (TPSA) is 96.7 Å². The molecule has 0 atom stereocenters. The van der Waals surface area contributed by atoms with Gasteiger partial charge in [-0.3, -0.25) is 4.79 Å². The first-order chi connectivity index (χ1) is 14.1. The van der Waals surface area contributed by atoms with E-state index in [4.69, 9.17) is 5.73 Å². The highest BCUT2D eigenvalue weighted by Gasteiger charge is 2.16. The molecule has 0 fully saturated rings. The van der Waals surface area contributed by atoms with E-state index in [1.54, 1.807) is 22.9 Å². The lowest BCUT2D eigenvalue weighted by Gasteiger charge is -2.05. The molecular formula is C22H22FN5O. The Hall–Kier alpha value is -3.66. The molecule has 148 valence electrons. The molecule has 3 aromatic rings. The molecule has 29 heavy (non-hydrogen) atoms. The molecular weight excluding hydrogens is 369 g/mol. The van der Waals surface area contributed by atoms with Gasteiger partial charge in [-0.2, -0.15) is 10.4 Å². The van der Waals surface area contributed by atoms with E-state index < -0.39 is 0 Å². The van der Waals surface area contributed by atoms with Crippen molar-refractivity contribution < 1.29 is 9.18 Å². The quantitative estimate of drug-likeness (QED) is 0.577. The van der Waals surface area contributed by atoms with Crippen molar-refractivity contribution in [3.63, 3.8) is 0 Å². The molecule has 1 heterocycles. The molecule has 0 aliphatic heterocycles. The van der Waals surface area contributed by atoms with Gasteiger partial charge in [-0.1, -0.05) is 36.4 Å². The number of para-hydroxylation sites is 1. The van der Waals surface area contributed by atoms with E-state index in [-0.39, 0.29) is 18.1 Å². The molecule has 0 aliphatic carbocycles. The zero-order valence-electron chi connectivity index (χ0n) is 15.9. The second kappa shape index (κ2) is 9.51. The third-order valence-electron chi connectivity index (χ3n) is 4.60. The van der Waals surface area contributed by atoms with Crippen molar-refractivity contribution in [1.82, 2.24) is 15.1 Å². The van der Waals surface area contributed by atoms with Gasteiger partial charge < -0.3 is 11.1 Å². The Kier molecular flexibility index (Phi) is 6.59. The predicted molar refractivity (Wildman–Crippen MR) is 109 cm³/mol. The third-order valence-corrected chi connectivity index (χ3v) is 4.60. The Morgan fingerprint density at radius 2 is 1.86 bits per heavy atom. The Balaban J connectivity index is 1.51. The van der Waals surface area contributed by atoms with Gasteiger partial charge in [0.05, 0.1) is 11.4 Å². The highest BCUT2D eigenvalue weighted by atomic mass is 19.1. The van der Waals surface area contributed by atoms with E-state index in [1.165, 1.54) is 6.07 Å². The zero-order chi connectivity index (χ0) is 20.6. The molecule has 0 saturated carbocycles. The van der Waals surface area contributed by atoms with Crippen LogP contribution in [0.4, 0.5) is 10.2 Å². The van der Waals surface area contributed by atoms with Crippen molar-refractivity contribution >= 4 is 11.7 Å². The molecule has 0 bridgehead atoms. The summed E-state index contributed by atoms with van der Waals surface area (Å²) in [5, 5.41) is 16.7.